The van der Waals surface area contributed by atoms with E-state index < -0.39 is 11.4 Å². The van der Waals surface area contributed by atoms with Crippen LogP contribution in [0.25, 0.3) is 10.9 Å². The second-order valence-electron chi connectivity index (χ2n) is 5.38. The Kier molecular flexibility index (Phi) is 2.82. The molecule has 1 heterocycles. The molecule has 1 aromatic heterocycles. The Morgan fingerprint density at radius 3 is 2.68 bits per heavy atom. The average molecular weight is 278 g/mol. The summed E-state index contributed by atoms with van der Waals surface area (Å²) in [4.78, 5) is 11.8. The molecule has 1 fully saturated rings. The first-order valence-electron chi connectivity index (χ1n) is 6.54. The van der Waals surface area contributed by atoms with Crippen LogP contribution in [0.4, 0.5) is 0 Å². The van der Waals surface area contributed by atoms with E-state index in [1.807, 2.05) is 36.0 Å². The van der Waals surface area contributed by atoms with Crippen molar-refractivity contribution in [3.05, 3.63) is 35.0 Å². The Labute approximate surface area is 116 Å². The first-order valence-corrected chi connectivity index (χ1v) is 6.91. The van der Waals surface area contributed by atoms with Gasteiger partial charge in [0.05, 0.1) is 10.4 Å². The lowest BCUT2D eigenvalue weighted by molar-refractivity contribution is -0.143. The van der Waals surface area contributed by atoms with E-state index >= 15 is 0 Å². The number of hydrogen-bond acceptors (Lipinski definition) is 1. The molecule has 0 radical (unpaired) electrons. The second-order valence-corrected chi connectivity index (χ2v) is 5.79. The maximum absolute atomic E-state index is 11.8. The van der Waals surface area contributed by atoms with Gasteiger partial charge in [0.15, 0.2) is 0 Å². The minimum Gasteiger partial charge on any atom is -0.481 e. The lowest BCUT2D eigenvalue weighted by atomic mass is 9.77. The average Bonchev–Trinajstić information content (AvgIpc) is 2.97. The zero-order chi connectivity index (χ0) is 13.6. The Bertz CT molecular complexity index is 653. The predicted octanol–water partition coefficient (Wildman–Crippen LogP) is 3.73. The first-order chi connectivity index (χ1) is 9.06. The number of carboxylic acids is 1. The van der Waals surface area contributed by atoms with Crippen molar-refractivity contribution in [1.29, 1.82) is 0 Å². The molecule has 1 aromatic carbocycles. The minimum absolute atomic E-state index is 0.639. The summed E-state index contributed by atoms with van der Waals surface area (Å²) in [7, 11) is 1.93. The van der Waals surface area contributed by atoms with E-state index in [1.54, 1.807) is 0 Å². The van der Waals surface area contributed by atoms with Crippen molar-refractivity contribution in [1.82, 2.24) is 4.57 Å². The van der Waals surface area contributed by atoms with Crippen LogP contribution in [0, 0.1) is 0 Å². The molecule has 1 saturated carbocycles. The van der Waals surface area contributed by atoms with E-state index in [4.69, 9.17) is 11.6 Å². The number of nitrogens with zero attached hydrogens (tertiary/aromatic N) is 1. The van der Waals surface area contributed by atoms with E-state index in [0.717, 1.165) is 29.3 Å². The molecule has 0 saturated heterocycles. The highest BCUT2D eigenvalue weighted by Crippen LogP contribution is 2.45. The lowest BCUT2D eigenvalue weighted by Crippen LogP contribution is -2.32. The number of carboxylic acid groups (broad SMARTS) is 1. The third-order valence-electron chi connectivity index (χ3n) is 4.35. The van der Waals surface area contributed by atoms with E-state index in [2.05, 4.69) is 0 Å². The van der Waals surface area contributed by atoms with Gasteiger partial charge in [-0.25, -0.2) is 0 Å². The maximum atomic E-state index is 11.8. The topological polar surface area (TPSA) is 42.2 Å². The summed E-state index contributed by atoms with van der Waals surface area (Å²) in [5, 5.41) is 11.3. The highest BCUT2D eigenvalue weighted by atomic mass is 35.5. The highest BCUT2D eigenvalue weighted by molar-refractivity contribution is 6.36. The first kappa shape index (κ1) is 12.5. The van der Waals surface area contributed by atoms with Gasteiger partial charge in [0, 0.05) is 24.1 Å². The summed E-state index contributed by atoms with van der Waals surface area (Å²) in [6.45, 7) is 0. The Morgan fingerprint density at radius 1 is 1.37 bits per heavy atom. The Balaban J connectivity index is 2.33. The summed E-state index contributed by atoms with van der Waals surface area (Å²) in [6.07, 6.45) is 5.18. The smallest absolute Gasteiger partial charge is 0.314 e. The van der Waals surface area contributed by atoms with Gasteiger partial charge in [-0.2, -0.15) is 0 Å². The van der Waals surface area contributed by atoms with Gasteiger partial charge in [0.2, 0.25) is 0 Å². The molecule has 4 heteroatoms. The van der Waals surface area contributed by atoms with Crippen molar-refractivity contribution in [2.75, 3.05) is 0 Å². The highest BCUT2D eigenvalue weighted by Gasteiger charge is 2.44. The molecule has 100 valence electrons. The van der Waals surface area contributed by atoms with Gasteiger partial charge in [-0.15, -0.1) is 0 Å². The molecule has 1 N–H and O–H groups in total. The third kappa shape index (κ3) is 1.68. The molecule has 3 nitrogen and oxygen atoms in total. The standard InChI is InChI=1S/C15H16ClNO2/c1-17-9-11(16)13-10(5-4-6-12(13)17)15(14(18)19)7-2-3-8-15/h4-6,9H,2-3,7-8H2,1H3,(H,18,19). The number of halogens is 1. The van der Waals surface area contributed by atoms with Gasteiger partial charge in [-0.05, 0) is 24.5 Å². The van der Waals surface area contributed by atoms with Gasteiger partial charge in [-0.1, -0.05) is 36.6 Å². The molecule has 19 heavy (non-hydrogen) atoms. The fourth-order valence-electron chi connectivity index (χ4n) is 3.36. The molecule has 0 bridgehead atoms. The monoisotopic (exact) mass is 277 g/mol. The van der Waals surface area contributed by atoms with Crippen molar-refractivity contribution in [2.45, 2.75) is 31.1 Å². The van der Waals surface area contributed by atoms with E-state index in [1.165, 1.54) is 0 Å². The van der Waals surface area contributed by atoms with Gasteiger partial charge >= 0.3 is 5.97 Å². The molecular weight excluding hydrogens is 262 g/mol. The molecule has 1 aliphatic rings. The van der Waals surface area contributed by atoms with E-state index in [0.29, 0.717) is 17.9 Å². The lowest BCUT2D eigenvalue weighted by Gasteiger charge is -2.25. The fraction of sp³-hybridized carbons (Fsp3) is 0.400. The number of aryl methyl sites for hydroxylation is 1. The van der Waals surface area contributed by atoms with Crippen LogP contribution in [0.2, 0.25) is 5.02 Å². The van der Waals surface area contributed by atoms with Crippen molar-refractivity contribution in [3.8, 4) is 0 Å². The molecule has 0 aliphatic heterocycles. The summed E-state index contributed by atoms with van der Waals surface area (Å²) < 4.78 is 1.95. The molecule has 2 aromatic rings. The van der Waals surface area contributed by atoms with Crippen LogP contribution < -0.4 is 0 Å². The molecule has 0 spiro atoms. The second kappa shape index (κ2) is 4.27. The predicted molar refractivity (Wildman–Crippen MR) is 75.7 cm³/mol. The van der Waals surface area contributed by atoms with Crippen LogP contribution in [0.15, 0.2) is 24.4 Å². The number of rotatable bonds is 2. The van der Waals surface area contributed by atoms with Crippen LogP contribution in [0.3, 0.4) is 0 Å². The van der Waals surface area contributed by atoms with Gasteiger partial charge in [0.25, 0.3) is 0 Å². The Morgan fingerprint density at radius 2 is 2.05 bits per heavy atom. The number of aliphatic carboxylic acids is 1. The number of hydrogen-bond donors (Lipinski definition) is 1. The molecule has 3 rings (SSSR count). The van der Waals surface area contributed by atoms with Crippen LogP contribution in [0.5, 0.6) is 0 Å². The zero-order valence-electron chi connectivity index (χ0n) is 10.8. The van der Waals surface area contributed by atoms with Crippen molar-refractivity contribution >= 4 is 28.5 Å². The van der Waals surface area contributed by atoms with Gasteiger partial charge in [0.1, 0.15) is 0 Å². The number of benzene rings is 1. The van der Waals surface area contributed by atoms with E-state index in [9.17, 15) is 9.90 Å². The van der Waals surface area contributed by atoms with Crippen LogP contribution >= 0.6 is 11.6 Å². The number of aromatic nitrogens is 1. The van der Waals surface area contributed by atoms with Crippen LogP contribution in [-0.4, -0.2) is 15.6 Å². The zero-order valence-corrected chi connectivity index (χ0v) is 11.6. The van der Waals surface area contributed by atoms with Crippen LogP contribution in [-0.2, 0) is 17.3 Å². The van der Waals surface area contributed by atoms with Gasteiger partial charge < -0.3 is 9.67 Å². The number of fused-ring (bicyclic) bond motifs is 1. The summed E-state index contributed by atoms with van der Waals surface area (Å²) >= 11 is 6.31. The SMILES string of the molecule is Cn1cc(Cl)c2c(C3(C(=O)O)CCCC3)cccc21. The normalized spacial score (nSPS) is 18.0. The van der Waals surface area contributed by atoms with Crippen molar-refractivity contribution in [2.24, 2.45) is 7.05 Å². The molecule has 1 aliphatic carbocycles. The molecular formula is C15H16ClNO2. The minimum atomic E-state index is -0.759. The molecule has 0 amide bonds. The van der Waals surface area contributed by atoms with Crippen LogP contribution in [0.1, 0.15) is 31.2 Å². The number of carbonyl (C=O) groups is 1. The summed E-state index contributed by atoms with van der Waals surface area (Å²) in [5.74, 6) is -0.725. The molecule has 0 atom stereocenters. The summed E-state index contributed by atoms with van der Waals surface area (Å²) in [5.41, 5.74) is 1.11. The van der Waals surface area contributed by atoms with Crippen molar-refractivity contribution < 1.29 is 9.90 Å². The quantitative estimate of drug-likeness (QED) is 0.909. The largest absolute Gasteiger partial charge is 0.481 e. The third-order valence-corrected chi connectivity index (χ3v) is 4.64. The molecule has 0 unspecified atom stereocenters. The van der Waals surface area contributed by atoms with Gasteiger partial charge in [-0.3, -0.25) is 4.79 Å². The Hall–Kier alpha value is -1.48. The summed E-state index contributed by atoms with van der Waals surface area (Å²) in [6, 6.07) is 5.83. The fourth-order valence-corrected chi connectivity index (χ4v) is 3.71. The maximum Gasteiger partial charge on any atom is 0.314 e. The van der Waals surface area contributed by atoms with Crippen molar-refractivity contribution in [3.63, 3.8) is 0 Å². The van der Waals surface area contributed by atoms with E-state index in [-0.39, 0.29) is 0 Å².